The summed E-state index contributed by atoms with van der Waals surface area (Å²) in [6, 6.07) is 10.6. The molecular formula is C18H32N2. The molecule has 20 heavy (non-hydrogen) atoms. The summed E-state index contributed by atoms with van der Waals surface area (Å²) >= 11 is 0. The van der Waals surface area contributed by atoms with E-state index < -0.39 is 0 Å². The van der Waals surface area contributed by atoms with Crippen molar-refractivity contribution in [2.75, 3.05) is 31.6 Å². The number of anilines is 1. The molecule has 1 aromatic rings. The van der Waals surface area contributed by atoms with Gasteiger partial charge >= 0.3 is 0 Å². The topological polar surface area (TPSA) is 15.3 Å². The molecular weight excluding hydrogens is 244 g/mol. The van der Waals surface area contributed by atoms with Gasteiger partial charge < -0.3 is 10.2 Å². The molecule has 0 saturated heterocycles. The lowest BCUT2D eigenvalue weighted by Gasteiger charge is -2.19. The molecule has 0 aliphatic rings. The number of benzene rings is 1. The molecule has 114 valence electrons. The molecule has 0 spiro atoms. The molecule has 2 heteroatoms. The number of hydrogen-bond donors (Lipinski definition) is 1. The second-order valence-corrected chi connectivity index (χ2v) is 5.63. The fourth-order valence-electron chi connectivity index (χ4n) is 2.41. The van der Waals surface area contributed by atoms with Crippen LogP contribution in [0.25, 0.3) is 0 Å². The van der Waals surface area contributed by atoms with Gasteiger partial charge in [0.25, 0.3) is 0 Å². The highest BCUT2D eigenvalue weighted by atomic mass is 15.1. The van der Waals surface area contributed by atoms with Crippen LogP contribution in [0.3, 0.4) is 0 Å². The van der Waals surface area contributed by atoms with Gasteiger partial charge in [-0.25, -0.2) is 0 Å². The molecule has 0 heterocycles. The van der Waals surface area contributed by atoms with E-state index in [9.17, 15) is 0 Å². The predicted octanol–water partition coefficient (Wildman–Crippen LogP) is 4.46. The first-order valence-corrected chi connectivity index (χ1v) is 8.31. The van der Waals surface area contributed by atoms with Gasteiger partial charge in [-0.05, 0) is 38.1 Å². The molecule has 1 N–H and O–H groups in total. The normalized spacial score (nSPS) is 10.7. The fourth-order valence-corrected chi connectivity index (χ4v) is 2.41. The maximum absolute atomic E-state index is 3.56. The summed E-state index contributed by atoms with van der Waals surface area (Å²) < 4.78 is 0. The van der Waals surface area contributed by atoms with Crippen LogP contribution in [0.4, 0.5) is 5.69 Å². The third kappa shape index (κ3) is 8.21. The standard InChI is InChI=1S/C18H32N2/c1-3-4-5-6-7-11-15-19-16-12-17-20(2)18-13-9-8-10-14-18/h8-10,13-14,19H,3-7,11-12,15-17H2,1-2H3. The van der Waals surface area contributed by atoms with Crippen LogP contribution in [0.2, 0.25) is 0 Å². The lowest BCUT2D eigenvalue weighted by Crippen LogP contribution is -2.24. The van der Waals surface area contributed by atoms with Crippen molar-refractivity contribution in [3.05, 3.63) is 30.3 Å². The molecule has 1 aromatic carbocycles. The van der Waals surface area contributed by atoms with Gasteiger partial charge in [-0.1, -0.05) is 57.2 Å². The SMILES string of the molecule is CCCCCCCCNCCCN(C)c1ccccc1. The van der Waals surface area contributed by atoms with E-state index in [1.54, 1.807) is 0 Å². The third-order valence-electron chi connectivity index (χ3n) is 3.75. The summed E-state index contributed by atoms with van der Waals surface area (Å²) in [5.41, 5.74) is 1.31. The molecule has 0 atom stereocenters. The zero-order chi connectivity index (χ0) is 14.5. The van der Waals surface area contributed by atoms with E-state index in [1.165, 1.54) is 57.2 Å². The molecule has 0 aliphatic heterocycles. The minimum atomic E-state index is 1.12. The molecule has 0 fully saturated rings. The van der Waals surface area contributed by atoms with Gasteiger partial charge in [0, 0.05) is 19.3 Å². The van der Waals surface area contributed by atoms with Gasteiger partial charge in [0.15, 0.2) is 0 Å². The van der Waals surface area contributed by atoms with Gasteiger partial charge in [-0.15, -0.1) is 0 Å². The fraction of sp³-hybridized carbons (Fsp3) is 0.667. The molecule has 0 bridgehead atoms. The number of nitrogens with zero attached hydrogens (tertiary/aromatic N) is 1. The lowest BCUT2D eigenvalue weighted by atomic mass is 10.1. The van der Waals surface area contributed by atoms with Crippen LogP contribution >= 0.6 is 0 Å². The quantitative estimate of drug-likeness (QED) is 0.567. The Kier molecular flexibility index (Phi) is 10.0. The zero-order valence-electron chi connectivity index (χ0n) is 13.4. The van der Waals surface area contributed by atoms with Gasteiger partial charge in [-0.2, -0.15) is 0 Å². The summed E-state index contributed by atoms with van der Waals surface area (Å²) in [7, 11) is 2.17. The average Bonchev–Trinajstić information content (AvgIpc) is 2.50. The van der Waals surface area contributed by atoms with Crippen LogP contribution in [0.15, 0.2) is 30.3 Å². The van der Waals surface area contributed by atoms with Crippen molar-refractivity contribution in [2.24, 2.45) is 0 Å². The van der Waals surface area contributed by atoms with Gasteiger partial charge in [0.05, 0.1) is 0 Å². The van der Waals surface area contributed by atoms with Crippen molar-refractivity contribution >= 4 is 5.69 Å². The first-order valence-electron chi connectivity index (χ1n) is 8.31. The number of hydrogen-bond acceptors (Lipinski definition) is 2. The maximum atomic E-state index is 3.56. The Morgan fingerprint density at radius 3 is 2.25 bits per heavy atom. The van der Waals surface area contributed by atoms with E-state index in [-0.39, 0.29) is 0 Å². The average molecular weight is 276 g/mol. The number of unbranched alkanes of at least 4 members (excludes halogenated alkanes) is 5. The molecule has 0 amide bonds. The summed E-state index contributed by atoms with van der Waals surface area (Å²) in [5, 5.41) is 3.56. The summed E-state index contributed by atoms with van der Waals surface area (Å²) in [6.07, 6.45) is 9.49. The highest BCUT2D eigenvalue weighted by Gasteiger charge is 1.98. The Morgan fingerprint density at radius 2 is 1.50 bits per heavy atom. The van der Waals surface area contributed by atoms with Gasteiger partial charge in [0.1, 0.15) is 0 Å². The van der Waals surface area contributed by atoms with Crippen molar-refractivity contribution in [1.29, 1.82) is 0 Å². The molecule has 0 radical (unpaired) electrons. The maximum Gasteiger partial charge on any atom is 0.0363 e. The van der Waals surface area contributed by atoms with Gasteiger partial charge in [0.2, 0.25) is 0 Å². The summed E-state index contributed by atoms with van der Waals surface area (Å²) in [4.78, 5) is 2.33. The Morgan fingerprint density at radius 1 is 0.850 bits per heavy atom. The molecule has 0 unspecified atom stereocenters. The number of nitrogens with one attached hydrogen (secondary N) is 1. The first kappa shape index (κ1) is 17.0. The minimum Gasteiger partial charge on any atom is -0.375 e. The number of rotatable bonds is 12. The molecule has 0 aromatic heterocycles. The van der Waals surface area contributed by atoms with E-state index in [4.69, 9.17) is 0 Å². The van der Waals surface area contributed by atoms with Crippen molar-refractivity contribution in [2.45, 2.75) is 51.9 Å². The van der Waals surface area contributed by atoms with E-state index in [2.05, 4.69) is 54.5 Å². The Labute approximate surface area is 125 Å². The van der Waals surface area contributed by atoms with Crippen LogP contribution in [-0.2, 0) is 0 Å². The van der Waals surface area contributed by atoms with Crippen molar-refractivity contribution in [3.63, 3.8) is 0 Å². The highest BCUT2D eigenvalue weighted by molar-refractivity contribution is 5.44. The second kappa shape index (κ2) is 11.8. The predicted molar refractivity (Wildman–Crippen MR) is 90.6 cm³/mol. The first-order chi connectivity index (χ1) is 9.84. The van der Waals surface area contributed by atoms with Crippen LogP contribution < -0.4 is 10.2 Å². The van der Waals surface area contributed by atoms with Crippen LogP contribution in [0, 0.1) is 0 Å². The minimum absolute atomic E-state index is 1.12. The summed E-state index contributed by atoms with van der Waals surface area (Å²) in [5.74, 6) is 0. The second-order valence-electron chi connectivity index (χ2n) is 5.63. The molecule has 0 aliphatic carbocycles. The lowest BCUT2D eigenvalue weighted by molar-refractivity contribution is 0.565. The third-order valence-corrected chi connectivity index (χ3v) is 3.75. The Bertz CT molecular complexity index is 310. The van der Waals surface area contributed by atoms with E-state index in [1.807, 2.05) is 0 Å². The highest BCUT2D eigenvalue weighted by Crippen LogP contribution is 2.10. The monoisotopic (exact) mass is 276 g/mol. The van der Waals surface area contributed by atoms with Crippen molar-refractivity contribution in [3.8, 4) is 0 Å². The van der Waals surface area contributed by atoms with Crippen LogP contribution in [0.5, 0.6) is 0 Å². The van der Waals surface area contributed by atoms with Crippen LogP contribution in [-0.4, -0.2) is 26.7 Å². The van der Waals surface area contributed by atoms with Crippen molar-refractivity contribution in [1.82, 2.24) is 5.32 Å². The Balaban J connectivity index is 1.90. The number of para-hydroxylation sites is 1. The van der Waals surface area contributed by atoms with E-state index in [0.717, 1.165) is 13.1 Å². The molecule has 0 saturated carbocycles. The Hall–Kier alpha value is -1.02. The molecule has 2 nitrogen and oxygen atoms in total. The van der Waals surface area contributed by atoms with E-state index in [0.29, 0.717) is 0 Å². The largest absolute Gasteiger partial charge is 0.375 e. The van der Waals surface area contributed by atoms with Crippen LogP contribution in [0.1, 0.15) is 51.9 Å². The summed E-state index contributed by atoms with van der Waals surface area (Å²) in [6.45, 7) is 5.70. The van der Waals surface area contributed by atoms with Crippen molar-refractivity contribution < 1.29 is 0 Å². The smallest absolute Gasteiger partial charge is 0.0363 e. The van der Waals surface area contributed by atoms with Gasteiger partial charge in [-0.3, -0.25) is 0 Å². The molecule has 1 rings (SSSR count). The van der Waals surface area contributed by atoms with E-state index >= 15 is 0 Å². The zero-order valence-corrected chi connectivity index (χ0v) is 13.4.